The number of Topliss-reactive ketones (excluding diaryl/α,β-unsaturated/α-hetero) is 2. The minimum Gasteiger partial charge on any atom is -0.493 e. The summed E-state index contributed by atoms with van der Waals surface area (Å²) in [5.41, 5.74) is 0. The van der Waals surface area contributed by atoms with Crippen LogP contribution < -0.4 is 18.9 Å². The minimum absolute atomic E-state index is 0.0162. The number of hydrogen-bond donors (Lipinski definition) is 1. The number of ether oxygens (including phenoxy) is 4. The van der Waals surface area contributed by atoms with Crippen molar-refractivity contribution in [1.29, 1.82) is 0 Å². The van der Waals surface area contributed by atoms with Crippen LogP contribution >= 0.6 is 22.7 Å². The van der Waals surface area contributed by atoms with Crippen LogP contribution in [0, 0.1) is 29.4 Å². The minimum atomic E-state index is -1.08. The van der Waals surface area contributed by atoms with Crippen molar-refractivity contribution in [2.75, 3.05) is 27.4 Å². The van der Waals surface area contributed by atoms with Crippen LogP contribution in [0.15, 0.2) is 24.3 Å². The second kappa shape index (κ2) is 13.7. The van der Waals surface area contributed by atoms with E-state index in [2.05, 4.69) is 0 Å². The maximum Gasteiger partial charge on any atom is 0.306 e. The molecular weight excluding hydrogens is 626 g/mol. The van der Waals surface area contributed by atoms with Gasteiger partial charge in [-0.15, -0.1) is 22.7 Å². The molecule has 3 atom stereocenters. The van der Waals surface area contributed by atoms with Gasteiger partial charge in [0.05, 0.1) is 38.2 Å². The number of ketones is 2. The molecule has 1 saturated carbocycles. The fourth-order valence-electron chi connectivity index (χ4n) is 5.54. The highest BCUT2D eigenvalue weighted by molar-refractivity contribution is 7.21. The number of carbonyl (C=O) groups is 3. The molecule has 5 rings (SSSR count). The highest BCUT2D eigenvalue weighted by Gasteiger charge is 2.34. The predicted molar refractivity (Wildman–Crippen MR) is 169 cm³/mol. The van der Waals surface area contributed by atoms with Crippen LogP contribution in [0.1, 0.15) is 54.1 Å². The van der Waals surface area contributed by atoms with Gasteiger partial charge in [0.2, 0.25) is 0 Å². The molecule has 2 aromatic heterocycles. The first-order valence-electron chi connectivity index (χ1n) is 14.6. The molecule has 240 valence electrons. The van der Waals surface area contributed by atoms with Gasteiger partial charge in [0, 0.05) is 55.9 Å². The third-order valence-electron chi connectivity index (χ3n) is 8.23. The number of aliphatic carboxylic acids is 1. The van der Waals surface area contributed by atoms with Crippen LogP contribution in [-0.4, -0.2) is 50.1 Å². The molecule has 1 aliphatic rings. The van der Waals surface area contributed by atoms with E-state index in [1.54, 1.807) is 19.1 Å². The molecule has 12 heteroatoms. The third kappa shape index (κ3) is 6.76. The predicted octanol–water partition coefficient (Wildman–Crippen LogP) is 7.71. The zero-order valence-electron chi connectivity index (χ0n) is 25.4. The summed E-state index contributed by atoms with van der Waals surface area (Å²) in [4.78, 5) is 36.8. The van der Waals surface area contributed by atoms with Gasteiger partial charge in [-0.2, -0.15) is 0 Å². The number of rotatable bonds is 15. The Labute approximate surface area is 266 Å². The highest BCUT2D eigenvalue weighted by Crippen LogP contribution is 2.44. The molecule has 2 heterocycles. The molecule has 0 spiro atoms. The first-order valence-corrected chi connectivity index (χ1v) is 16.3. The summed E-state index contributed by atoms with van der Waals surface area (Å²) in [5, 5.41) is 9.71. The van der Waals surface area contributed by atoms with Crippen LogP contribution in [0.3, 0.4) is 0 Å². The monoisotopic (exact) mass is 660 g/mol. The van der Waals surface area contributed by atoms with E-state index < -0.39 is 23.5 Å². The Morgan fingerprint density at radius 3 is 2.00 bits per heavy atom. The summed E-state index contributed by atoms with van der Waals surface area (Å²) in [5.74, 6) is -2.72. The number of hydrogen-bond acceptors (Lipinski definition) is 9. The Morgan fingerprint density at radius 2 is 1.49 bits per heavy atom. The van der Waals surface area contributed by atoms with Gasteiger partial charge in [0.1, 0.15) is 5.78 Å². The molecule has 0 aliphatic heterocycles. The van der Waals surface area contributed by atoms with Crippen molar-refractivity contribution in [3.8, 4) is 23.0 Å². The van der Waals surface area contributed by atoms with Gasteiger partial charge < -0.3 is 24.1 Å². The molecule has 0 saturated heterocycles. The van der Waals surface area contributed by atoms with E-state index in [0.717, 1.165) is 40.2 Å². The molecule has 2 aromatic carbocycles. The summed E-state index contributed by atoms with van der Waals surface area (Å²) < 4.78 is 54.6. The standard InChI is InChI=1S/C33H34F2O8S2/c1-16(33(38)39)10-23(37)28-13-22-27(45-28)15-25(41-4)32(30(22)35)43-9-5-8-42-31-24(40-3)14-26-21(29(31)34)12-19(44-26)11-18-6-7-20(18)17(2)36/h12-16,18,20H,5-11H2,1-4H3,(H,38,39)/t16-,18-,20-/m0/s1. The van der Waals surface area contributed by atoms with Crippen LogP contribution in [0.4, 0.5) is 8.78 Å². The number of benzene rings is 2. The van der Waals surface area contributed by atoms with Gasteiger partial charge in [0.15, 0.2) is 40.4 Å². The summed E-state index contributed by atoms with van der Waals surface area (Å²) >= 11 is 2.54. The van der Waals surface area contributed by atoms with Crippen molar-refractivity contribution in [3.63, 3.8) is 0 Å². The van der Waals surface area contributed by atoms with E-state index in [4.69, 9.17) is 24.1 Å². The second-order valence-electron chi connectivity index (χ2n) is 11.3. The Kier molecular flexibility index (Phi) is 9.93. The molecule has 0 radical (unpaired) electrons. The number of fused-ring (bicyclic) bond motifs is 2. The van der Waals surface area contributed by atoms with Crippen LogP contribution in [0.2, 0.25) is 0 Å². The normalized spacial score (nSPS) is 16.8. The van der Waals surface area contributed by atoms with Crippen LogP contribution in [-0.2, 0) is 16.0 Å². The van der Waals surface area contributed by atoms with Crippen molar-refractivity contribution in [3.05, 3.63) is 45.7 Å². The lowest BCUT2D eigenvalue weighted by Crippen LogP contribution is -2.32. The van der Waals surface area contributed by atoms with Gasteiger partial charge in [-0.3, -0.25) is 14.4 Å². The molecule has 1 aliphatic carbocycles. The quantitative estimate of drug-likeness (QED) is 0.102. The van der Waals surface area contributed by atoms with Crippen LogP contribution in [0.5, 0.6) is 23.0 Å². The van der Waals surface area contributed by atoms with Crippen LogP contribution in [0.25, 0.3) is 20.2 Å². The van der Waals surface area contributed by atoms with E-state index in [9.17, 15) is 14.4 Å². The fraction of sp³-hybridized carbons (Fsp3) is 0.424. The SMILES string of the molecule is COc1cc2sc(C[C@@H]3CC[C@H]3C(C)=O)cc2c(F)c1OCCCOc1c(OC)cc2sc(C(=O)C[C@H](C)C(=O)O)cc2c1F. The van der Waals surface area contributed by atoms with Gasteiger partial charge in [-0.05, 0) is 44.2 Å². The molecule has 45 heavy (non-hydrogen) atoms. The lowest BCUT2D eigenvalue weighted by molar-refractivity contribution is -0.141. The van der Waals surface area contributed by atoms with Crippen molar-refractivity contribution in [2.24, 2.45) is 17.8 Å². The average Bonchev–Trinajstić information content (AvgIpc) is 3.61. The fourth-order valence-corrected chi connectivity index (χ4v) is 7.76. The summed E-state index contributed by atoms with van der Waals surface area (Å²) in [6.45, 7) is 3.15. The molecule has 0 unspecified atom stereocenters. The van der Waals surface area contributed by atoms with Gasteiger partial charge in [-0.1, -0.05) is 6.92 Å². The van der Waals surface area contributed by atoms with Gasteiger partial charge in [-0.25, -0.2) is 8.78 Å². The first-order chi connectivity index (χ1) is 21.5. The lowest BCUT2D eigenvalue weighted by Gasteiger charge is -2.34. The number of carbonyl (C=O) groups excluding carboxylic acids is 2. The molecular formula is C33H34F2O8S2. The van der Waals surface area contributed by atoms with Crippen molar-refractivity contribution < 1.29 is 47.2 Å². The smallest absolute Gasteiger partial charge is 0.306 e. The number of carboxylic acids is 1. The molecule has 1 fully saturated rings. The number of halogens is 2. The molecule has 1 N–H and O–H groups in total. The number of thiophene rings is 2. The second-order valence-corrected chi connectivity index (χ2v) is 13.5. The average molecular weight is 661 g/mol. The zero-order valence-corrected chi connectivity index (χ0v) is 27.0. The maximum absolute atomic E-state index is 15.6. The highest BCUT2D eigenvalue weighted by atomic mass is 32.1. The van der Waals surface area contributed by atoms with Crippen molar-refractivity contribution in [2.45, 2.75) is 46.0 Å². The molecule has 0 bridgehead atoms. The number of carboxylic acid groups (broad SMARTS) is 1. The first kappa shape index (κ1) is 32.6. The number of methoxy groups -OCH3 is 2. The van der Waals surface area contributed by atoms with Gasteiger partial charge >= 0.3 is 5.97 Å². The van der Waals surface area contributed by atoms with Gasteiger partial charge in [0.25, 0.3) is 0 Å². The Morgan fingerprint density at radius 1 is 0.911 bits per heavy atom. The Balaban J connectivity index is 1.24. The summed E-state index contributed by atoms with van der Waals surface area (Å²) in [7, 11) is 2.82. The van der Waals surface area contributed by atoms with E-state index >= 15 is 8.78 Å². The zero-order chi connectivity index (χ0) is 32.4. The van der Waals surface area contributed by atoms with E-state index in [1.165, 1.54) is 38.5 Å². The Bertz CT molecular complexity index is 1760. The Hall–Kier alpha value is -3.77. The summed E-state index contributed by atoms with van der Waals surface area (Å²) in [6.07, 6.45) is 2.72. The summed E-state index contributed by atoms with van der Waals surface area (Å²) in [6, 6.07) is 6.54. The molecule has 4 aromatic rings. The van der Waals surface area contributed by atoms with E-state index in [1.807, 2.05) is 6.07 Å². The van der Waals surface area contributed by atoms with Crippen molar-refractivity contribution >= 4 is 60.4 Å². The topological polar surface area (TPSA) is 108 Å². The van der Waals surface area contributed by atoms with Crippen molar-refractivity contribution in [1.82, 2.24) is 0 Å². The molecule has 8 nitrogen and oxygen atoms in total. The maximum atomic E-state index is 15.6. The molecule has 0 amide bonds. The van der Waals surface area contributed by atoms with E-state index in [0.29, 0.717) is 10.1 Å². The van der Waals surface area contributed by atoms with E-state index in [-0.39, 0.29) is 82.7 Å². The largest absolute Gasteiger partial charge is 0.493 e. The lowest BCUT2D eigenvalue weighted by atomic mass is 9.70. The third-order valence-corrected chi connectivity index (χ3v) is 10.5.